The maximum Gasteiger partial charge on any atom is 0.0894 e. The van der Waals surface area contributed by atoms with Crippen LogP contribution in [0.25, 0.3) is 0 Å². The quantitative estimate of drug-likeness (QED) is 0.673. The maximum absolute atomic E-state index is 5.76. The Kier molecular flexibility index (Phi) is 3.77. The van der Waals surface area contributed by atoms with Gasteiger partial charge in [-0.2, -0.15) is 11.8 Å². The van der Waals surface area contributed by atoms with Gasteiger partial charge in [-0.15, -0.1) is 22.7 Å². The third kappa shape index (κ3) is 2.38. The first-order chi connectivity index (χ1) is 8.78. The average Bonchev–Trinajstić information content (AvgIpc) is 2.96. The predicted octanol–water partition coefficient (Wildman–Crippen LogP) is 3.46. The summed E-state index contributed by atoms with van der Waals surface area (Å²) in [4.78, 5) is 5.55. The first-order valence-electron chi connectivity index (χ1n) is 5.99. The van der Waals surface area contributed by atoms with Crippen molar-refractivity contribution in [1.82, 2.24) is 5.43 Å². The zero-order chi connectivity index (χ0) is 12.5. The number of nitrogens with two attached hydrogens (primary N) is 1. The Morgan fingerprint density at radius 1 is 1.28 bits per heavy atom. The Balaban J connectivity index is 1.94. The lowest BCUT2D eigenvalue weighted by Crippen LogP contribution is -2.27. The Morgan fingerprint density at radius 2 is 2.17 bits per heavy atom. The summed E-state index contributed by atoms with van der Waals surface area (Å²) in [6.07, 6.45) is 1.21. The normalized spacial score (nSPS) is 16.6. The molecule has 18 heavy (non-hydrogen) atoms. The fourth-order valence-corrected chi connectivity index (χ4v) is 5.71. The van der Waals surface area contributed by atoms with Crippen LogP contribution < -0.4 is 11.3 Å². The molecule has 0 radical (unpaired) electrons. The molecule has 96 valence electrons. The van der Waals surface area contributed by atoms with Gasteiger partial charge in [0.25, 0.3) is 0 Å². The number of aryl methyl sites for hydroxylation is 2. The number of hydrazine groups is 1. The van der Waals surface area contributed by atoms with E-state index in [1.54, 1.807) is 4.88 Å². The van der Waals surface area contributed by atoms with Crippen molar-refractivity contribution in [3.63, 3.8) is 0 Å². The van der Waals surface area contributed by atoms with Crippen molar-refractivity contribution in [2.75, 3.05) is 5.75 Å². The van der Waals surface area contributed by atoms with Gasteiger partial charge in [0.1, 0.15) is 0 Å². The fourth-order valence-electron chi connectivity index (χ4n) is 2.23. The molecule has 2 aromatic heterocycles. The minimum atomic E-state index is 0.157. The van der Waals surface area contributed by atoms with Gasteiger partial charge < -0.3 is 0 Å². The average molecular weight is 296 g/mol. The molecule has 0 amide bonds. The number of thiophene rings is 2. The standard InChI is InChI=1S/C13H16N2S3/c1-8-2-3-11(17-8)13(15-14)12-6-9-7-16-5-4-10(9)18-12/h2-3,6,13,15H,4-5,7,14H2,1H3. The summed E-state index contributed by atoms with van der Waals surface area (Å²) >= 11 is 5.77. The van der Waals surface area contributed by atoms with E-state index in [4.69, 9.17) is 5.84 Å². The topological polar surface area (TPSA) is 38.0 Å². The largest absolute Gasteiger partial charge is 0.271 e. The number of nitrogens with one attached hydrogen (secondary N) is 1. The molecule has 1 unspecified atom stereocenters. The van der Waals surface area contributed by atoms with E-state index in [-0.39, 0.29) is 6.04 Å². The molecule has 1 atom stereocenters. The lowest BCUT2D eigenvalue weighted by molar-refractivity contribution is 0.656. The molecule has 0 spiro atoms. The van der Waals surface area contributed by atoms with Gasteiger partial charge in [-0.1, -0.05) is 0 Å². The van der Waals surface area contributed by atoms with Crippen molar-refractivity contribution >= 4 is 34.4 Å². The second-order valence-electron chi connectivity index (χ2n) is 4.45. The fraction of sp³-hybridized carbons (Fsp3) is 0.385. The summed E-state index contributed by atoms with van der Waals surface area (Å²) in [6.45, 7) is 2.14. The van der Waals surface area contributed by atoms with Crippen LogP contribution in [0.4, 0.5) is 0 Å². The SMILES string of the molecule is Cc1ccc(C(NN)c2cc3c(s2)CCSC3)s1. The van der Waals surface area contributed by atoms with E-state index >= 15 is 0 Å². The van der Waals surface area contributed by atoms with Gasteiger partial charge in [0.2, 0.25) is 0 Å². The molecule has 0 aromatic carbocycles. The zero-order valence-electron chi connectivity index (χ0n) is 10.2. The van der Waals surface area contributed by atoms with Gasteiger partial charge in [0.15, 0.2) is 0 Å². The molecule has 3 rings (SSSR count). The van der Waals surface area contributed by atoms with Crippen molar-refractivity contribution in [1.29, 1.82) is 0 Å². The molecule has 3 N–H and O–H groups in total. The third-order valence-corrected chi connectivity index (χ3v) is 6.52. The molecule has 2 nitrogen and oxygen atoms in total. The van der Waals surface area contributed by atoms with E-state index < -0.39 is 0 Å². The molecule has 0 saturated carbocycles. The second-order valence-corrected chi connectivity index (χ2v) is 8.04. The van der Waals surface area contributed by atoms with Crippen molar-refractivity contribution in [3.8, 4) is 0 Å². The Bertz CT molecular complexity index is 521. The highest BCUT2D eigenvalue weighted by atomic mass is 32.2. The van der Waals surface area contributed by atoms with Crippen molar-refractivity contribution < 1.29 is 0 Å². The molecule has 0 fully saturated rings. The van der Waals surface area contributed by atoms with Crippen LogP contribution in [0.2, 0.25) is 0 Å². The molecule has 2 aromatic rings. The monoisotopic (exact) mass is 296 g/mol. The highest BCUT2D eigenvalue weighted by Crippen LogP contribution is 2.37. The summed E-state index contributed by atoms with van der Waals surface area (Å²) in [6, 6.07) is 6.83. The second kappa shape index (κ2) is 5.35. The molecule has 0 aliphatic carbocycles. The van der Waals surface area contributed by atoms with Crippen LogP contribution in [0.5, 0.6) is 0 Å². The van der Waals surface area contributed by atoms with E-state index in [0.717, 1.165) is 5.75 Å². The van der Waals surface area contributed by atoms with Crippen LogP contribution in [-0.4, -0.2) is 5.75 Å². The lowest BCUT2D eigenvalue weighted by atomic mass is 10.1. The lowest BCUT2D eigenvalue weighted by Gasteiger charge is -2.11. The summed E-state index contributed by atoms with van der Waals surface area (Å²) in [5, 5.41) is 0. The number of fused-ring (bicyclic) bond motifs is 1. The Hall–Kier alpha value is -0.330. The van der Waals surface area contributed by atoms with Crippen molar-refractivity contribution in [2.24, 2.45) is 5.84 Å². The highest BCUT2D eigenvalue weighted by molar-refractivity contribution is 7.98. The number of hydrogen-bond donors (Lipinski definition) is 2. The molecular formula is C13H16N2S3. The minimum absolute atomic E-state index is 0.157. The van der Waals surface area contributed by atoms with Gasteiger partial charge in [0, 0.05) is 25.3 Å². The molecular weight excluding hydrogens is 280 g/mol. The number of hydrogen-bond acceptors (Lipinski definition) is 5. The Labute approximate surface area is 120 Å². The van der Waals surface area contributed by atoms with Gasteiger partial charge in [-0.05, 0) is 42.9 Å². The number of thioether (sulfide) groups is 1. The van der Waals surface area contributed by atoms with Crippen molar-refractivity contribution in [3.05, 3.63) is 43.3 Å². The van der Waals surface area contributed by atoms with Crippen molar-refractivity contribution in [2.45, 2.75) is 25.1 Å². The molecule has 5 heteroatoms. The summed E-state index contributed by atoms with van der Waals surface area (Å²) < 4.78 is 0. The minimum Gasteiger partial charge on any atom is -0.271 e. The van der Waals surface area contributed by atoms with Crippen LogP contribution >= 0.6 is 34.4 Å². The third-order valence-electron chi connectivity index (χ3n) is 3.14. The van der Waals surface area contributed by atoms with E-state index in [2.05, 4.69) is 30.5 Å². The van der Waals surface area contributed by atoms with Crippen LogP contribution in [0.1, 0.15) is 31.1 Å². The van der Waals surface area contributed by atoms with Gasteiger partial charge in [-0.3, -0.25) is 5.84 Å². The van der Waals surface area contributed by atoms with Crippen LogP contribution in [0, 0.1) is 6.92 Å². The smallest absolute Gasteiger partial charge is 0.0894 e. The van der Waals surface area contributed by atoms with E-state index in [1.165, 1.54) is 32.4 Å². The molecule has 3 heterocycles. The Morgan fingerprint density at radius 3 is 2.83 bits per heavy atom. The first-order valence-corrected chi connectivity index (χ1v) is 8.78. The van der Waals surface area contributed by atoms with E-state index in [9.17, 15) is 0 Å². The summed E-state index contributed by atoms with van der Waals surface area (Å²) in [5.74, 6) is 8.18. The number of rotatable bonds is 3. The van der Waals surface area contributed by atoms with Gasteiger partial charge >= 0.3 is 0 Å². The highest BCUT2D eigenvalue weighted by Gasteiger charge is 2.20. The van der Waals surface area contributed by atoms with Gasteiger partial charge in [-0.25, -0.2) is 5.43 Å². The molecule has 0 bridgehead atoms. The predicted molar refractivity (Wildman–Crippen MR) is 82.4 cm³/mol. The summed E-state index contributed by atoms with van der Waals surface area (Å²) in [7, 11) is 0. The van der Waals surface area contributed by atoms with Crippen LogP contribution in [0.15, 0.2) is 18.2 Å². The molecule has 0 saturated heterocycles. The summed E-state index contributed by atoms with van der Waals surface area (Å²) in [5.41, 5.74) is 4.48. The van der Waals surface area contributed by atoms with Crippen LogP contribution in [0.3, 0.4) is 0 Å². The van der Waals surface area contributed by atoms with E-state index in [1.807, 2.05) is 34.4 Å². The first kappa shape index (κ1) is 12.7. The molecule has 1 aliphatic heterocycles. The zero-order valence-corrected chi connectivity index (χ0v) is 12.7. The van der Waals surface area contributed by atoms with Crippen LogP contribution in [-0.2, 0) is 12.2 Å². The van der Waals surface area contributed by atoms with E-state index in [0.29, 0.717) is 0 Å². The molecule has 1 aliphatic rings. The van der Waals surface area contributed by atoms with Gasteiger partial charge in [0.05, 0.1) is 6.04 Å². The maximum atomic E-state index is 5.76.